The third-order valence-corrected chi connectivity index (χ3v) is 2.98. The zero-order valence-electron chi connectivity index (χ0n) is 12.4. The summed E-state index contributed by atoms with van der Waals surface area (Å²) in [5.74, 6) is 1.17. The SMILES string of the molecule is COCCCOc1ccc(Nc2cc(Cl)nn(C)c2=O)nc1. The van der Waals surface area contributed by atoms with Gasteiger partial charge in [-0.15, -0.1) is 0 Å². The summed E-state index contributed by atoms with van der Waals surface area (Å²) < 4.78 is 11.6. The van der Waals surface area contributed by atoms with Gasteiger partial charge in [-0.25, -0.2) is 9.67 Å². The minimum atomic E-state index is -0.286. The van der Waals surface area contributed by atoms with Gasteiger partial charge in [0.1, 0.15) is 17.3 Å². The lowest BCUT2D eigenvalue weighted by Crippen LogP contribution is -2.22. The second kappa shape index (κ2) is 7.77. The Bertz CT molecular complexity index is 673. The fraction of sp³-hybridized carbons (Fsp3) is 0.357. The quantitative estimate of drug-likeness (QED) is 0.785. The maximum absolute atomic E-state index is 11.9. The Morgan fingerprint density at radius 3 is 2.86 bits per heavy atom. The van der Waals surface area contributed by atoms with E-state index < -0.39 is 0 Å². The summed E-state index contributed by atoms with van der Waals surface area (Å²) in [6, 6.07) is 4.95. The lowest BCUT2D eigenvalue weighted by Gasteiger charge is -2.08. The van der Waals surface area contributed by atoms with Crippen LogP contribution in [0, 0.1) is 0 Å². The van der Waals surface area contributed by atoms with Crippen LogP contribution in [0.25, 0.3) is 0 Å². The Morgan fingerprint density at radius 1 is 1.36 bits per heavy atom. The average molecular weight is 325 g/mol. The van der Waals surface area contributed by atoms with Gasteiger partial charge in [0, 0.05) is 33.3 Å². The smallest absolute Gasteiger partial charge is 0.290 e. The molecule has 118 valence electrons. The number of hydrogen-bond donors (Lipinski definition) is 1. The molecule has 0 bridgehead atoms. The van der Waals surface area contributed by atoms with Crippen molar-refractivity contribution in [2.75, 3.05) is 25.6 Å². The number of pyridine rings is 1. The molecule has 0 aliphatic heterocycles. The monoisotopic (exact) mass is 324 g/mol. The van der Waals surface area contributed by atoms with Crippen LogP contribution in [-0.4, -0.2) is 35.1 Å². The highest BCUT2D eigenvalue weighted by molar-refractivity contribution is 6.29. The van der Waals surface area contributed by atoms with Gasteiger partial charge in [0.05, 0.1) is 12.8 Å². The van der Waals surface area contributed by atoms with Gasteiger partial charge in [0.15, 0.2) is 5.15 Å². The fourth-order valence-electron chi connectivity index (χ4n) is 1.73. The van der Waals surface area contributed by atoms with Crippen molar-refractivity contribution in [2.24, 2.45) is 7.05 Å². The minimum Gasteiger partial charge on any atom is -0.492 e. The molecule has 2 heterocycles. The van der Waals surface area contributed by atoms with E-state index in [1.165, 1.54) is 13.1 Å². The van der Waals surface area contributed by atoms with Crippen molar-refractivity contribution in [3.63, 3.8) is 0 Å². The van der Waals surface area contributed by atoms with Crippen LogP contribution in [0.4, 0.5) is 11.5 Å². The molecule has 2 aromatic rings. The van der Waals surface area contributed by atoms with E-state index in [4.69, 9.17) is 21.1 Å². The zero-order valence-corrected chi connectivity index (χ0v) is 13.1. The van der Waals surface area contributed by atoms with Gasteiger partial charge in [0.2, 0.25) is 0 Å². The van der Waals surface area contributed by atoms with Crippen molar-refractivity contribution >= 4 is 23.1 Å². The van der Waals surface area contributed by atoms with Crippen LogP contribution >= 0.6 is 11.6 Å². The lowest BCUT2D eigenvalue weighted by molar-refractivity contribution is 0.172. The molecule has 8 heteroatoms. The van der Waals surface area contributed by atoms with Crippen molar-refractivity contribution < 1.29 is 9.47 Å². The maximum Gasteiger partial charge on any atom is 0.290 e. The van der Waals surface area contributed by atoms with E-state index in [-0.39, 0.29) is 10.7 Å². The molecule has 1 N–H and O–H groups in total. The predicted octanol–water partition coefficient (Wildman–Crippen LogP) is 1.99. The zero-order chi connectivity index (χ0) is 15.9. The van der Waals surface area contributed by atoms with Crippen LogP contribution in [0.15, 0.2) is 29.2 Å². The minimum absolute atomic E-state index is 0.225. The summed E-state index contributed by atoms with van der Waals surface area (Å²) in [6.07, 6.45) is 2.39. The van der Waals surface area contributed by atoms with Gasteiger partial charge >= 0.3 is 0 Å². The van der Waals surface area contributed by atoms with Crippen LogP contribution in [0.2, 0.25) is 5.15 Å². The van der Waals surface area contributed by atoms with Gasteiger partial charge in [-0.3, -0.25) is 4.79 Å². The van der Waals surface area contributed by atoms with Gasteiger partial charge in [0.25, 0.3) is 5.56 Å². The largest absolute Gasteiger partial charge is 0.492 e. The lowest BCUT2D eigenvalue weighted by atomic mass is 10.4. The van der Waals surface area contributed by atoms with E-state index in [1.807, 2.05) is 0 Å². The first-order valence-corrected chi connectivity index (χ1v) is 7.06. The van der Waals surface area contributed by atoms with Crippen LogP contribution < -0.4 is 15.6 Å². The molecule has 0 atom stereocenters. The number of halogens is 1. The summed E-state index contributed by atoms with van der Waals surface area (Å²) in [4.78, 5) is 16.1. The van der Waals surface area contributed by atoms with Crippen molar-refractivity contribution in [3.8, 4) is 5.75 Å². The average Bonchev–Trinajstić information content (AvgIpc) is 2.50. The van der Waals surface area contributed by atoms with Crippen molar-refractivity contribution in [2.45, 2.75) is 6.42 Å². The maximum atomic E-state index is 11.9. The third kappa shape index (κ3) is 4.44. The van der Waals surface area contributed by atoms with Gasteiger partial charge in [-0.1, -0.05) is 11.6 Å². The predicted molar refractivity (Wildman–Crippen MR) is 84.0 cm³/mol. The number of methoxy groups -OCH3 is 1. The van der Waals surface area contributed by atoms with Crippen LogP contribution in [-0.2, 0) is 11.8 Å². The number of hydrogen-bond acceptors (Lipinski definition) is 6. The second-order valence-electron chi connectivity index (χ2n) is 4.51. The number of nitrogens with zero attached hydrogens (tertiary/aromatic N) is 3. The highest BCUT2D eigenvalue weighted by Crippen LogP contribution is 2.16. The molecule has 0 aliphatic rings. The molecule has 0 radical (unpaired) electrons. The van der Waals surface area contributed by atoms with E-state index >= 15 is 0 Å². The summed E-state index contributed by atoms with van der Waals surface area (Å²) in [6.45, 7) is 1.21. The van der Waals surface area contributed by atoms with E-state index in [0.29, 0.717) is 30.5 Å². The van der Waals surface area contributed by atoms with Crippen molar-refractivity contribution in [1.82, 2.24) is 14.8 Å². The van der Waals surface area contributed by atoms with E-state index in [1.54, 1.807) is 25.4 Å². The molecule has 0 unspecified atom stereocenters. The van der Waals surface area contributed by atoms with Gasteiger partial charge in [-0.2, -0.15) is 5.10 Å². The number of aryl methyl sites for hydroxylation is 1. The van der Waals surface area contributed by atoms with Gasteiger partial charge < -0.3 is 14.8 Å². The molecular weight excluding hydrogens is 308 g/mol. The fourth-order valence-corrected chi connectivity index (χ4v) is 1.96. The number of rotatable bonds is 7. The number of anilines is 2. The Labute approximate surface area is 132 Å². The van der Waals surface area contributed by atoms with Crippen molar-refractivity contribution in [3.05, 3.63) is 39.9 Å². The molecule has 0 fully saturated rings. The Balaban J connectivity index is 2.01. The normalized spacial score (nSPS) is 10.5. The van der Waals surface area contributed by atoms with E-state index in [2.05, 4.69) is 15.4 Å². The second-order valence-corrected chi connectivity index (χ2v) is 4.90. The molecule has 22 heavy (non-hydrogen) atoms. The molecule has 0 amide bonds. The summed E-state index contributed by atoms with van der Waals surface area (Å²) in [7, 11) is 3.18. The van der Waals surface area contributed by atoms with Crippen molar-refractivity contribution in [1.29, 1.82) is 0 Å². The highest BCUT2D eigenvalue weighted by atomic mass is 35.5. The molecule has 7 nitrogen and oxygen atoms in total. The summed E-state index contributed by atoms with van der Waals surface area (Å²) in [5.41, 5.74) is 0.0230. The molecule has 0 aliphatic carbocycles. The first-order valence-electron chi connectivity index (χ1n) is 6.69. The van der Waals surface area contributed by atoms with E-state index in [9.17, 15) is 4.79 Å². The molecule has 2 aromatic heterocycles. The Kier molecular flexibility index (Phi) is 5.74. The topological polar surface area (TPSA) is 78.3 Å². The van der Waals surface area contributed by atoms with Crippen LogP contribution in [0.3, 0.4) is 0 Å². The molecule has 2 rings (SSSR count). The molecule has 0 spiro atoms. The molecule has 0 saturated heterocycles. The number of ether oxygens (including phenoxy) is 2. The Morgan fingerprint density at radius 2 is 2.18 bits per heavy atom. The molecule has 0 saturated carbocycles. The molecule has 0 aromatic carbocycles. The first-order chi connectivity index (χ1) is 10.6. The first kappa shape index (κ1) is 16.3. The summed E-state index contributed by atoms with van der Waals surface area (Å²) >= 11 is 5.83. The van der Waals surface area contributed by atoms with Crippen LogP contribution in [0.5, 0.6) is 5.75 Å². The number of aromatic nitrogens is 3. The Hall–Kier alpha value is -2.12. The standard InChI is InChI=1S/C14H17ClN4O3/c1-19-14(20)11(8-12(15)18-19)17-13-5-4-10(9-16-13)22-7-3-6-21-2/h4-5,8-9H,3,6-7H2,1-2H3,(H,16,17). The van der Waals surface area contributed by atoms with Gasteiger partial charge in [-0.05, 0) is 12.1 Å². The molecular formula is C14H17ClN4O3. The number of nitrogens with one attached hydrogen (secondary N) is 1. The van der Waals surface area contributed by atoms with E-state index in [0.717, 1.165) is 11.1 Å². The highest BCUT2D eigenvalue weighted by Gasteiger charge is 2.06. The van der Waals surface area contributed by atoms with Crippen LogP contribution in [0.1, 0.15) is 6.42 Å². The third-order valence-electron chi connectivity index (χ3n) is 2.79. The summed E-state index contributed by atoms with van der Waals surface area (Å²) in [5, 5.41) is 6.96.